The van der Waals surface area contributed by atoms with Crippen molar-refractivity contribution in [2.45, 2.75) is 56.5 Å². The number of unbranched alkanes of at least 4 members (excludes halogenated alkanes) is 5. The van der Waals surface area contributed by atoms with Crippen molar-refractivity contribution in [1.82, 2.24) is 4.98 Å². The third kappa shape index (κ3) is 10.8. The van der Waals surface area contributed by atoms with E-state index in [1.165, 1.54) is 37.3 Å². The number of aliphatic carboxylic acids is 1. The van der Waals surface area contributed by atoms with E-state index in [9.17, 15) is 9.59 Å². The second kappa shape index (κ2) is 16.3. The van der Waals surface area contributed by atoms with Gasteiger partial charge in [0, 0.05) is 17.6 Å². The van der Waals surface area contributed by atoms with Crippen LogP contribution in [-0.2, 0) is 22.7 Å². The molecule has 0 amide bonds. The molecule has 7 heteroatoms. The van der Waals surface area contributed by atoms with Crippen molar-refractivity contribution in [2.24, 2.45) is 0 Å². The van der Waals surface area contributed by atoms with Gasteiger partial charge in [0.25, 0.3) is 0 Å². The number of thioether (sulfide) groups is 1. The van der Waals surface area contributed by atoms with E-state index in [1.54, 1.807) is 30.0 Å². The van der Waals surface area contributed by atoms with Gasteiger partial charge in [0.1, 0.15) is 11.4 Å². The van der Waals surface area contributed by atoms with Crippen molar-refractivity contribution in [1.29, 1.82) is 0 Å². The van der Waals surface area contributed by atoms with Crippen LogP contribution in [0.2, 0.25) is 0 Å². The zero-order valence-corrected chi connectivity index (χ0v) is 22.4. The first kappa shape index (κ1) is 29.0. The average Bonchev–Trinajstić information content (AvgIpc) is 2.92. The SMILES string of the molecule is O=C(O)C=Cc1nc(CSCc2cccc(C(=O)O)c2)ccc1OCCCCCCCCc1ccccc1. The lowest BCUT2D eigenvalue weighted by molar-refractivity contribution is -0.131. The van der Waals surface area contributed by atoms with E-state index in [1.807, 2.05) is 24.3 Å². The number of hydrogen-bond acceptors (Lipinski definition) is 5. The fraction of sp³-hybridized carbons (Fsp3) is 0.323. The molecule has 3 aromatic rings. The molecule has 0 atom stereocenters. The Bertz CT molecular complexity index is 1200. The molecule has 2 N–H and O–H groups in total. The molecule has 0 aliphatic heterocycles. The molecule has 1 heterocycles. The number of rotatable bonds is 17. The third-order valence-electron chi connectivity index (χ3n) is 5.98. The molecule has 1 aromatic heterocycles. The lowest BCUT2D eigenvalue weighted by Gasteiger charge is -2.11. The smallest absolute Gasteiger partial charge is 0.335 e. The fourth-order valence-corrected chi connectivity index (χ4v) is 4.90. The van der Waals surface area contributed by atoms with Crippen molar-refractivity contribution in [3.63, 3.8) is 0 Å². The minimum Gasteiger partial charge on any atom is -0.491 e. The van der Waals surface area contributed by atoms with Crippen LogP contribution in [0.15, 0.2) is 72.8 Å². The number of carbonyl (C=O) groups is 2. The van der Waals surface area contributed by atoms with E-state index in [4.69, 9.17) is 14.9 Å². The second-order valence-corrected chi connectivity index (χ2v) is 10.0. The minimum absolute atomic E-state index is 0.270. The maximum atomic E-state index is 11.2. The highest BCUT2D eigenvalue weighted by Crippen LogP contribution is 2.23. The van der Waals surface area contributed by atoms with Crippen molar-refractivity contribution in [2.75, 3.05) is 6.61 Å². The summed E-state index contributed by atoms with van der Waals surface area (Å²) in [6.07, 6.45) is 10.5. The number of ether oxygens (including phenoxy) is 1. The maximum Gasteiger partial charge on any atom is 0.335 e. The number of aryl methyl sites for hydroxylation is 1. The van der Waals surface area contributed by atoms with Gasteiger partial charge in [-0.25, -0.2) is 14.6 Å². The molecule has 0 unspecified atom stereocenters. The molecule has 0 bridgehead atoms. The van der Waals surface area contributed by atoms with Gasteiger partial charge in [0.05, 0.1) is 17.9 Å². The zero-order valence-electron chi connectivity index (χ0n) is 21.6. The number of hydrogen-bond donors (Lipinski definition) is 2. The summed E-state index contributed by atoms with van der Waals surface area (Å²) in [5.41, 5.74) is 3.90. The Labute approximate surface area is 228 Å². The van der Waals surface area contributed by atoms with Crippen molar-refractivity contribution in [3.05, 3.63) is 101 Å². The molecule has 0 saturated heterocycles. The van der Waals surface area contributed by atoms with Gasteiger partial charge in [-0.1, -0.05) is 68.1 Å². The molecule has 0 saturated carbocycles. The molecular formula is C31H35NO5S. The Morgan fingerprint density at radius 3 is 2.32 bits per heavy atom. The molecule has 0 fully saturated rings. The lowest BCUT2D eigenvalue weighted by atomic mass is 10.1. The molecule has 2 aromatic carbocycles. The van der Waals surface area contributed by atoms with Crippen LogP contribution in [0, 0.1) is 0 Å². The Morgan fingerprint density at radius 2 is 1.55 bits per heavy atom. The Morgan fingerprint density at radius 1 is 0.816 bits per heavy atom. The van der Waals surface area contributed by atoms with Crippen LogP contribution in [0.3, 0.4) is 0 Å². The summed E-state index contributed by atoms with van der Waals surface area (Å²) >= 11 is 1.61. The molecule has 38 heavy (non-hydrogen) atoms. The van der Waals surface area contributed by atoms with Crippen LogP contribution in [0.25, 0.3) is 6.08 Å². The zero-order chi connectivity index (χ0) is 27.0. The van der Waals surface area contributed by atoms with Crippen molar-refractivity contribution in [3.8, 4) is 5.75 Å². The summed E-state index contributed by atoms with van der Waals surface area (Å²) in [6.45, 7) is 0.563. The third-order valence-corrected chi connectivity index (χ3v) is 7.02. The van der Waals surface area contributed by atoms with Gasteiger partial charge in [-0.3, -0.25) is 0 Å². The van der Waals surface area contributed by atoms with Gasteiger partial charge in [0.2, 0.25) is 0 Å². The number of aromatic nitrogens is 1. The van der Waals surface area contributed by atoms with Crippen LogP contribution in [0.1, 0.15) is 71.4 Å². The number of pyridine rings is 1. The minimum atomic E-state index is -1.04. The van der Waals surface area contributed by atoms with Crippen LogP contribution >= 0.6 is 11.8 Å². The monoisotopic (exact) mass is 533 g/mol. The molecular weight excluding hydrogens is 498 g/mol. The highest BCUT2D eigenvalue weighted by molar-refractivity contribution is 7.97. The van der Waals surface area contributed by atoms with E-state index in [0.29, 0.717) is 29.6 Å². The van der Waals surface area contributed by atoms with Crippen molar-refractivity contribution < 1.29 is 24.5 Å². The van der Waals surface area contributed by atoms with E-state index in [-0.39, 0.29) is 5.56 Å². The summed E-state index contributed by atoms with van der Waals surface area (Å²) in [6, 6.07) is 21.2. The Kier molecular flexibility index (Phi) is 12.4. The average molecular weight is 534 g/mol. The molecule has 0 aliphatic carbocycles. The predicted octanol–water partition coefficient (Wildman–Crippen LogP) is 7.27. The molecule has 0 spiro atoms. The van der Waals surface area contributed by atoms with Crippen LogP contribution in [0.5, 0.6) is 5.75 Å². The normalized spacial score (nSPS) is 11.1. The van der Waals surface area contributed by atoms with Crippen LogP contribution in [0.4, 0.5) is 0 Å². The quantitative estimate of drug-likeness (QED) is 0.139. The van der Waals surface area contributed by atoms with Gasteiger partial charge in [-0.2, -0.15) is 11.8 Å². The predicted molar refractivity (Wildman–Crippen MR) is 153 cm³/mol. The summed E-state index contributed by atoms with van der Waals surface area (Å²) < 4.78 is 5.95. The topological polar surface area (TPSA) is 96.7 Å². The summed E-state index contributed by atoms with van der Waals surface area (Å²) in [5.74, 6) is -0.150. The van der Waals surface area contributed by atoms with Gasteiger partial charge >= 0.3 is 11.9 Å². The summed E-state index contributed by atoms with van der Waals surface area (Å²) in [7, 11) is 0. The molecule has 3 rings (SSSR count). The largest absolute Gasteiger partial charge is 0.491 e. The van der Waals surface area contributed by atoms with Crippen LogP contribution < -0.4 is 4.74 Å². The second-order valence-electron chi connectivity index (χ2n) is 9.06. The van der Waals surface area contributed by atoms with Crippen molar-refractivity contribution >= 4 is 29.8 Å². The molecule has 200 valence electrons. The number of nitrogens with zero attached hydrogens (tertiary/aromatic N) is 1. The van der Waals surface area contributed by atoms with E-state index in [2.05, 4.69) is 29.2 Å². The Hall–Kier alpha value is -3.58. The van der Waals surface area contributed by atoms with E-state index in [0.717, 1.165) is 36.6 Å². The standard InChI is InChI=1S/C31H35NO5S/c33-30(34)19-17-28-29(37-20-9-4-2-1-3-6-11-24-12-7-5-8-13-24)18-16-27(32-28)23-38-22-25-14-10-15-26(21-25)31(35)36/h5,7-8,10,12-19,21H,1-4,6,9,11,20,22-23H2,(H,33,34)(H,35,36). The number of aromatic carboxylic acids is 1. The first-order valence-corrected chi connectivity index (χ1v) is 14.1. The summed E-state index contributed by atoms with van der Waals surface area (Å²) in [4.78, 5) is 26.8. The van der Waals surface area contributed by atoms with Gasteiger partial charge in [0.15, 0.2) is 0 Å². The first-order chi connectivity index (χ1) is 18.5. The van der Waals surface area contributed by atoms with Gasteiger partial charge < -0.3 is 14.9 Å². The number of benzene rings is 2. The molecule has 0 aliphatic rings. The van der Waals surface area contributed by atoms with Crippen LogP contribution in [-0.4, -0.2) is 33.7 Å². The lowest BCUT2D eigenvalue weighted by Crippen LogP contribution is -2.02. The van der Waals surface area contributed by atoms with E-state index < -0.39 is 11.9 Å². The number of carboxylic acid groups (broad SMARTS) is 2. The first-order valence-electron chi connectivity index (χ1n) is 13.0. The fourth-order valence-electron chi connectivity index (χ4n) is 4.01. The highest BCUT2D eigenvalue weighted by atomic mass is 32.2. The Balaban J connectivity index is 1.41. The van der Waals surface area contributed by atoms with E-state index >= 15 is 0 Å². The number of carboxylic acids is 2. The van der Waals surface area contributed by atoms with Gasteiger partial charge in [-0.15, -0.1) is 0 Å². The maximum absolute atomic E-state index is 11.2. The molecule has 6 nitrogen and oxygen atoms in total. The summed E-state index contributed by atoms with van der Waals surface area (Å²) in [5, 5.41) is 18.2. The van der Waals surface area contributed by atoms with Gasteiger partial charge in [-0.05, 0) is 60.7 Å². The molecule has 0 radical (unpaired) electrons. The highest BCUT2D eigenvalue weighted by Gasteiger charge is 2.08.